The first kappa shape index (κ1) is 6.14. The van der Waals surface area contributed by atoms with Gasteiger partial charge in [-0.3, -0.25) is 4.79 Å². The third-order valence-electron chi connectivity index (χ3n) is 3.15. The number of allylic oxidation sites excluding steroid dienone is 2. The third kappa shape index (κ3) is 0.511. The van der Waals surface area contributed by atoms with Crippen LogP contribution in [0.15, 0.2) is 12.2 Å². The van der Waals surface area contributed by atoms with E-state index >= 15 is 0 Å². The molecule has 2 aliphatic carbocycles. The minimum Gasteiger partial charge on any atom is -0.298 e. The van der Waals surface area contributed by atoms with Crippen molar-refractivity contribution in [2.45, 2.75) is 13.8 Å². The summed E-state index contributed by atoms with van der Waals surface area (Å²) in [4.78, 5) is 11.3. The van der Waals surface area contributed by atoms with E-state index in [0.29, 0.717) is 17.6 Å². The van der Waals surface area contributed by atoms with Crippen LogP contribution < -0.4 is 0 Å². The Labute approximate surface area is 61.1 Å². The normalized spacial score (nSPS) is 50.8. The molecule has 0 aromatic rings. The van der Waals surface area contributed by atoms with Gasteiger partial charge in [-0.25, -0.2) is 0 Å². The maximum absolute atomic E-state index is 11.3. The molecule has 10 heavy (non-hydrogen) atoms. The Bertz CT molecular complexity index is 185. The van der Waals surface area contributed by atoms with E-state index in [1.807, 2.05) is 0 Å². The first-order valence-corrected chi connectivity index (χ1v) is 3.94. The molecule has 1 heteroatoms. The Balaban J connectivity index is 2.38. The lowest BCUT2D eigenvalue weighted by atomic mass is 9.86. The van der Waals surface area contributed by atoms with Crippen molar-refractivity contribution in [3.05, 3.63) is 12.2 Å². The molecule has 0 N–H and O–H groups in total. The average molecular weight is 136 g/mol. The lowest BCUT2D eigenvalue weighted by molar-refractivity contribution is -0.121. The fourth-order valence-electron chi connectivity index (χ4n) is 2.17. The molecule has 0 aromatic carbocycles. The van der Waals surface area contributed by atoms with Crippen LogP contribution in [0, 0.1) is 23.7 Å². The van der Waals surface area contributed by atoms with E-state index in [4.69, 9.17) is 0 Å². The van der Waals surface area contributed by atoms with Crippen LogP contribution in [0.3, 0.4) is 0 Å². The van der Waals surface area contributed by atoms with Gasteiger partial charge in [0.1, 0.15) is 5.78 Å². The van der Waals surface area contributed by atoms with Crippen LogP contribution in [0.4, 0.5) is 0 Å². The standard InChI is InChI=1S/C9H12O/c1-5-6(2)8-4-3-7(5)9(8)10/h3-8H,1-2H3/t5-,6+,7-,8+. The van der Waals surface area contributed by atoms with Crippen LogP contribution in [0.1, 0.15) is 13.8 Å². The van der Waals surface area contributed by atoms with Gasteiger partial charge in [0.05, 0.1) is 0 Å². The van der Waals surface area contributed by atoms with Gasteiger partial charge in [-0.05, 0) is 11.8 Å². The predicted molar refractivity (Wildman–Crippen MR) is 39.5 cm³/mol. The predicted octanol–water partition coefficient (Wildman–Crippen LogP) is 1.64. The minimum atomic E-state index is 0.264. The Morgan fingerprint density at radius 1 is 1.10 bits per heavy atom. The largest absolute Gasteiger partial charge is 0.298 e. The number of hydrogen-bond donors (Lipinski definition) is 0. The van der Waals surface area contributed by atoms with Crippen molar-refractivity contribution in [1.29, 1.82) is 0 Å². The molecule has 2 rings (SSSR count). The fraction of sp³-hybridized carbons (Fsp3) is 0.667. The van der Waals surface area contributed by atoms with Crippen LogP contribution in [0.2, 0.25) is 0 Å². The lowest BCUT2D eigenvalue weighted by Gasteiger charge is -2.17. The number of fused-ring (bicyclic) bond motifs is 2. The minimum absolute atomic E-state index is 0.264. The van der Waals surface area contributed by atoms with Gasteiger partial charge >= 0.3 is 0 Å². The van der Waals surface area contributed by atoms with Gasteiger partial charge < -0.3 is 0 Å². The average Bonchev–Trinajstić information content (AvgIpc) is 2.34. The van der Waals surface area contributed by atoms with E-state index in [-0.39, 0.29) is 11.8 Å². The highest BCUT2D eigenvalue weighted by Gasteiger charge is 2.46. The van der Waals surface area contributed by atoms with E-state index in [1.165, 1.54) is 0 Å². The molecule has 4 atom stereocenters. The number of Topliss-reactive ketones (excluding diaryl/α,β-unsaturated/α-hetero) is 1. The summed E-state index contributed by atoms with van der Waals surface area (Å²) in [5.74, 6) is 2.16. The second-order valence-corrected chi connectivity index (χ2v) is 3.56. The number of hydrogen-bond acceptors (Lipinski definition) is 1. The van der Waals surface area contributed by atoms with Gasteiger partial charge in [0.15, 0.2) is 0 Å². The quantitative estimate of drug-likeness (QED) is 0.463. The molecule has 54 valence electrons. The maximum Gasteiger partial charge on any atom is 0.147 e. The van der Waals surface area contributed by atoms with Crippen molar-refractivity contribution < 1.29 is 4.79 Å². The van der Waals surface area contributed by atoms with Gasteiger partial charge in [0.25, 0.3) is 0 Å². The Kier molecular flexibility index (Phi) is 1.05. The third-order valence-corrected chi connectivity index (χ3v) is 3.15. The van der Waals surface area contributed by atoms with Gasteiger partial charge in [0, 0.05) is 11.8 Å². The summed E-state index contributed by atoms with van der Waals surface area (Å²) in [5, 5.41) is 0. The van der Waals surface area contributed by atoms with E-state index in [1.54, 1.807) is 0 Å². The van der Waals surface area contributed by atoms with Crippen molar-refractivity contribution in [3.8, 4) is 0 Å². The zero-order valence-electron chi connectivity index (χ0n) is 6.37. The van der Waals surface area contributed by atoms with Crippen molar-refractivity contribution in [2.24, 2.45) is 23.7 Å². The Morgan fingerprint density at radius 3 is 1.70 bits per heavy atom. The number of rotatable bonds is 0. The first-order chi connectivity index (χ1) is 4.72. The highest BCUT2D eigenvalue weighted by Crippen LogP contribution is 2.44. The van der Waals surface area contributed by atoms with Gasteiger partial charge in [0.2, 0.25) is 0 Å². The summed E-state index contributed by atoms with van der Waals surface area (Å²) in [7, 11) is 0. The topological polar surface area (TPSA) is 17.1 Å². The van der Waals surface area contributed by atoms with Gasteiger partial charge in [-0.1, -0.05) is 26.0 Å². The van der Waals surface area contributed by atoms with Crippen molar-refractivity contribution in [3.63, 3.8) is 0 Å². The molecule has 0 radical (unpaired) electrons. The molecule has 0 unspecified atom stereocenters. The van der Waals surface area contributed by atoms with Crippen LogP contribution in [-0.2, 0) is 4.79 Å². The number of ketones is 1. The van der Waals surface area contributed by atoms with Gasteiger partial charge in [-0.2, -0.15) is 0 Å². The summed E-state index contributed by atoms with van der Waals surface area (Å²) in [6, 6.07) is 0. The molecule has 0 aromatic heterocycles. The molecule has 0 aliphatic heterocycles. The molecule has 2 bridgehead atoms. The van der Waals surface area contributed by atoms with Crippen molar-refractivity contribution in [2.75, 3.05) is 0 Å². The Morgan fingerprint density at radius 2 is 1.50 bits per heavy atom. The zero-order valence-corrected chi connectivity index (χ0v) is 6.37. The molecule has 0 spiro atoms. The second kappa shape index (κ2) is 1.71. The van der Waals surface area contributed by atoms with E-state index < -0.39 is 0 Å². The summed E-state index contributed by atoms with van der Waals surface area (Å²) in [5.41, 5.74) is 0. The molecule has 1 fully saturated rings. The van der Waals surface area contributed by atoms with Crippen LogP contribution in [-0.4, -0.2) is 5.78 Å². The molecule has 1 nitrogen and oxygen atoms in total. The van der Waals surface area contributed by atoms with Gasteiger partial charge in [-0.15, -0.1) is 0 Å². The molecular formula is C9H12O. The van der Waals surface area contributed by atoms with Crippen molar-refractivity contribution >= 4 is 5.78 Å². The smallest absolute Gasteiger partial charge is 0.147 e. The highest BCUT2D eigenvalue weighted by atomic mass is 16.1. The monoisotopic (exact) mass is 136 g/mol. The second-order valence-electron chi connectivity index (χ2n) is 3.56. The molecule has 0 heterocycles. The highest BCUT2D eigenvalue weighted by molar-refractivity contribution is 5.92. The number of carbonyl (C=O) groups is 1. The SMILES string of the molecule is C[C@@H]1[C@H](C)[C@@H]2C=C[C@H]1C2=O. The Hall–Kier alpha value is -0.590. The summed E-state index contributed by atoms with van der Waals surface area (Å²) in [6.07, 6.45) is 4.16. The van der Waals surface area contributed by atoms with Crippen LogP contribution in [0.25, 0.3) is 0 Å². The number of carbonyl (C=O) groups excluding carboxylic acids is 1. The molecule has 0 saturated heterocycles. The fourth-order valence-corrected chi connectivity index (χ4v) is 2.17. The van der Waals surface area contributed by atoms with E-state index in [0.717, 1.165) is 0 Å². The summed E-state index contributed by atoms with van der Waals surface area (Å²) >= 11 is 0. The van der Waals surface area contributed by atoms with Crippen LogP contribution in [0.5, 0.6) is 0 Å². The van der Waals surface area contributed by atoms with E-state index in [9.17, 15) is 4.79 Å². The van der Waals surface area contributed by atoms with Crippen molar-refractivity contribution in [1.82, 2.24) is 0 Å². The molecule has 1 saturated carbocycles. The molecule has 2 aliphatic rings. The maximum atomic E-state index is 11.3. The molecule has 0 amide bonds. The molecular weight excluding hydrogens is 124 g/mol. The lowest BCUT2D eigenvalue weighted by Crippen LogP contribution is -2.12. The summed E-state index contributed by atoms with van der Waals surface area (Å²) < 4.78 is 0. The van der Waals surface area contributed by atoms with E-state index in [2.05, 4.69) is 26.0 Å². The van der Waals surface area contributed by atoms with Crippen LogP contribution >= 0.6 is 0 Å². The zero-order chi connectivity index (χ0) is 7.30. The first-order valence-electron chi connectivity index (χ1n) is 3.94. The summed E-state index contributed by atoms with van der Waals surface area (Å²) in [6.45, 7) is 4.35.